The number of nitrogens with zero attached hydrogens (tertiary/aromatic N) is 3. The standard InChI is InChI=1S/C35H42N4O5S/c1-37-15-6-16-38(18-17-37)35(41)26-19-25-20-27(44-2)10-14-29(25)33-32(23-7-4-3-5-8-23)30-13-9-24(21-31(30)39(33)22-26)34(40)36-45(42,43)28-11-12-28/h9-10,13-14,19-21,23,28H,3-8,11-12,15-18,22H2,1-2H3,(H,36,40). The number of aromatic nitrogens is 1. The molecule has 2 aliphatic carbocycles. The third-order valence-corrected chi connectivity index (χ3v) is 11.8. The lowest BCUT2D eigenvalue weighted by Crippen LogP contribution is -2.36. The average molecular weight is 631 g/mol. The van der Waals surface area contributed by atoms with Gasteiger partial charge in [-0.2, -0.15) is 0 Å². The highest BCUT2D eigenvalue weighted by Gasteiger charge is 2.37. The number of fused-ring (bicyclic) bond motifs is 5. The zero-order valence-corrected chi connectivity index (χ0v) is 27.0. The third-order valence-electron chi connectivity index (χ3n) is 10.0. The predicted molar refractivity (Wildman–Crippen MR) is 176 cm³/mol. The Labute approximate surface area is 265 Å². The van der Waals surface area contributed by atoms with Crippen molar-refractivity contribution in [3.8, 4) is 17.0 Å². The van der Waals surface area contributed by atoms with Crippen LogP contribution >= 0.6 is 0 Å². The summed E-state index contributed by atoms with van der Waals surface area (Å²) in [6.45, 7) is 3.52. The molecule has 0 spiro atoms. The second-order valence-electron chi connectivity index (χ2n) is 13.2. The quantitative estimate of drug-likeness (QED) is 0.405. The van der Waals surface area contributed by atoms with Gasteiger partial charge in [-0.3, -0.25) is 9.59 Å². The number of methoxy groups -OCH3 is 1. The molecule has 0 bridgehead atoms. The molecule has 3 aromatic rings. The monoisotopic (exact) mass is 630 g/mol. The first-order valence-corrected chi connectivity index (χ1v) is 17.9. The molecule has 2 saturated carbocycles. The van der Waals surface area contributed by atoms with E-state index in [1.807, 2.05) is 35.2 Å². The highest BCUT2D eigenvalue weighted by molar-refractivity contribution is 7.91. The number of nitrogens with one attached hydrogen (secondary N) is 1. The van der Waals surface area contributed by atoms with Crippen LogP contribution in [-0.2, 0) is 21.4 Å². The number of rotatable bonds is 6. The summed E-state index contributed by atoms with van der Waals surface area (Å²) >= 11 is 0. The number of sulfonamides is 1. The van der Waals surface area contributed by atoms with E-state index >= 15 is 0 Å². The van der Waals surface area contributed by atoms with Gasteiger partial charge in [0.1, 0.15) is 5.75 Å². The molecule has 1 N–H and O–H groups in total. The van der Waals surface area contributed by atoms with Gasteiger partial charge in [0.2, 0.25) is 10.0 Å². The first kappa shape index (κ1) is 30.0. The highest BCUT2D eigenvalue weighted by atomic mass is 32.2. The van der Waals surface area contributed by atoms with Gasteiger partial charge in [-0.15, -0.1) is 0 Å². The Morgan fingerprint density at radius 3 is 2.47 bits per heavy atom. The normalized spacial score (nSPS) is 19.7. The topological polar surface area (TPSA) is 101 Å². The number of amides is 2. The zero-order chi connectivity index (χ0) is 31.3. The van der Waals surface area contributed by atoms with E-state index in [1.54, 1.807) is 13.2 Å². The van der Waals surface area contributed by atoms with Crippen LogP contribution in [0.1, 0.15) is 78.8 Å². The molecule has 2 amide bonds. The SMILES string of the molecule is COc1ccc2c(c1)C=C(C(=O)N1CCCN(C)CC1)Cn1c-2c(C2CCCCC2)c2ccc(C(=O)NS(=O)(=O)C3CC3)cc21. The molecule has 0 unspecified atom stereocenters. The van der Waals surface area contributed by atoms with Crippen LogP contribution < -0.4 is 9.46 Å². The molecule has 4 aliphatic rings. The molecule has 10 heteroatoms. The van der Waals surface area contributed by atoms with Crippen LogP contribution in [0.4, 0.5) is 0 Å². The summed E-state index contributed by atoms with van der Waals surface area (Å²) in [6, 6.07) is 11.6. The van der Waals surface area contributed by atoms with Crippen LogP contribution in [0.3, 0.4) is 0 Å². The summed E-state index contributed by atoms with van der Waals surface area (Å²) < 4.78 is 35.4. The number of ether oxygens (including phenoxy) is 1. The van der Waals surface area contributed by atoms with Gasteiger partial charge in [0.15, 0.2) is 0 Å². The lowest BCUT2D eigenvalue weighted by atomic mass is 9.81. The Morgan fingerprint density at radius 2 is 1.71 bits per heavy atom. The number of hydrogen-bond acceptors (Lipinski definition) is 6. The van der Waals surface area contributed by atoms with Crippen LogP contribution in [0.2, 0.25) is 0 Å². The number of carbonyl (C=O) groups is 2. The van der Waals surface area contributed by atoms with E-state index in [-0.39, 0.29) is 5.91 Å². The molecule has 7 rings (SSSR count). The highest BCUT2D eigenvalue weighted by Crippen LogP contribution is 2.47. The summed E-state index contributed by atoms with van der Waals surface area (Å²) in [4.78, 5) is 31.8. The van der Waals surface area contributed by atoms with Crippen molar-refractivity contribution in [2.45, 2.75) is 69.1 Å². The Hall–Kier alpha value is -3.63. The van der Waals surface area contributed by atoms with Gasteiger partial charge < -0.3 is 19.1 Å². The van der Waals surface area contributed by atoms with Crippen molar-refractivity contribution in [3.63, 3.8) is 0 Å². The molecule has 3 fully saturated rings. The molecular weight excluding hydrogens is 588 g/mol. The summed E-state index contributed by atoms with van der Waals surface area (Å²) in [6.07, 6.45) is 9.83. The van der Waals surface area contributed by atoms with Crippen molar-refractivity contribution >= 4 is 38.8 Å². The molecule has 0 radical (unpaired) electrons. The van der Waals surface area contributed by atoms with Gasteiger partial charge >= 0.3 is 0 Å². The third kappa shape index (κ3) is 5.78. The molecule has 2 aromatic carbocycles. The van der Waals surface area contributed by atoms with E-state index < -0.39 is 21.2 Å². The fourth-order valence-electron chi connectivity index (χ4n) is 7.42. The van der Waals surface area contributed by atoms with E-state index in [4.69, 9.17) is 4.74 Å². The Balaban J connectivity index is 1.39. The first-order chi connectivity index (χ1) is 21.7. The second kappa shape index (κ2) is 11.9. The fraction of sp³-hybridized carbons (Fsp3) is 0.486. The van der Waals surface area contributed by atoms with Gasteiger partial charge in [-0.25, -0.2) is 13.1 Å². The number of benzene rings is 2. The summed E-state index contributed by atoms with van der Waals surface area (Å²) in [5.74, 6) is 0.490. The summed E-state index contributed by atoms with van der Waals surface area (Å²) in [5, 5.41) is 0.573. The van der Waals surface area contributed by atoms with Crippen molar-refractivity contribution < 1.29 is 22.7 Å². The van der Waals surface area contributed by atoms with Crippen molar-refractivity contribution in [1.29, 1.82) is 0 Å². The fourth-order valence-corrected chi connectivity index (χ4v) is 8.71. The lowest BCUT2D eigenvalue weighted by Gasteiger charge is -2.24. The maximum Gasteiger partial charge on any atom is 0.264 e. The van der Waals surface area contributed by atoms with Crippen LogP contribution in [0.15, 0.2) is 42.0 Å². The maximum atomic E-state index is 14.2. The largest absolute Gasteiger partial charge is 0.497 e. The molecule has 0 atom stereocenters. The van der Waals surface area contributed by atoms with Gasteiger partial charge in [0.25, 0.3) is 11.8 Å². The molecular formula is C35H42N4O5S. The summed E-state index contributed by atoms with van der Waals surface area (Å²) in [5.41, 5.74) is 6.14. The summed E-state index contributed by atoms with van der Waals surface area (Å²) in [7, 11) is 0.0587. The van der Waals surface area contributed by atoms with Crippen LogP contribution in [0.5, 0.6) is 5.75 Å². The number of carbonyl (C=O) groups excluding carboxylic acids is 2. The van der Waals surface area contributed by atoms with E-state index in [2.05, 4.69) is 27.3 Å². The molecule has 238 valence electrons. The Morgan fingerprint density at radius 1 is 0.911 bits per heavy atom. The minimum Gasteiger partial charge on any atom is -0.497 e. The van der Waals surface area contributed by atoms with E-state index in [0.29, 0.717) is 49.5 Å². The van der Waals surface area contributed by atoms with Gasteiger partial charge in [0.05, 0.1) is 24.6 Å². The van der Waals surface area contributed by atoms with E-state index in [9.17, 15) is 18.0 Å². The van der Waals surface area contributed by atoms with Crippen LogP contribution in [-0.4, -0.2) is 80.2 Å². The number of hydrogen-bond donors (Lipinski definition) is 1. The van der Waals surface area contributed by atoms with Crippen LogP contribution in [0, 0.1) is 0 Å². The molecule has 45 heavy (non-hydrogen) atoms. The first-order valence-electron chi connectivity index (χ1n) is 16.3. The van der Waals surface area contributed by atoms with Crippen LogP contribution in [0.25, 0.3) is 28.2 Å². The van der Waals surface area contributed by atoms with Crippen molar-refractivity contribution in [2.24, 2.45) is 0 Å². The maximum absolute atomic E-state index is 14.2. The zero-order valence-electron chi connectivity index (χ0n) is 26.2. The van der Waals surface area contributed by atoms with Crippen molar-refractivity contribution in [2.75, 3.05) is 40.3 Å². The van der Waals surface area contributed by atoms with Gasteiger partial charge in [-0.05, 0) is 99.1 Å². The predicted octanol–water partition coefficient (Wildman–Crippen LogP) is 5.15. The minimum atomic E-state index is -3.69. The average Bonchev–Trinajstić information content (AvgIpc) is 3.89. The molecule has 1 saturated heterocycles. The van der Waals surface area contributed by atoms with E-state index in [0.717, 1.165) is 78.7 Å². The van der Waals surface area contributed by atoms with Crippen molar-refractivity contribution in [3.05, 3.63) is 58.7 Å². The van der Waals surface area contributed by atoms with Gasteiger partial charge in [0, 0.05) is 47.2 Å². The Bertz CT molecular complexity index is 1800. The lowest BCUT2D eigenvalue weighted by molar-refractivity contribution is -0.127. The number of likely N-dealkylation sites (N-methyl/N-ethyl adjacent to an activating group) is 1. The molecule has 3 heterocycles. The molecule has 1 aromatic heterocycles. The minimum absolute atomic E-state index is 0.0254. The van der Waals surface area contributed by atoms with Crippen molar-refractivity contribution in [1.82, 2.24) is 19.1 Å². The Kier molecular flexibility index (Phi) is 7.98. The van der Waals surface area contributed by atoms with Gasteiger partial charge in [-0.1, -0.05) is 25.3 Å². The van der Waals surface area contributed by atoms with E-state index in [1.165, 1.54) is 12.0 Å². The second-order valence-corrected chi connectivity index (χ2v) is 15.1. The molecule has 9 nitrogen and oxygen atoms in total. The smallest absolute Gasteiger partial charge is 0.264 e. The molecule has 2 aliphatic heterocycles.